The van der Waals surface area contributed by atoms with E-state index in [9.17, 15) is 4.79 Å². The molecule has 4 heteroatoms. The summed E-state index contributed by atoms with van der Waals surface area (Å²) in [4.78, 5) is 15.7. The Balaban J connectivity index is 2.01. The van der Waals surface area contributed by atoms with Crippen LogP contribution in [0, 0.1) is 5.92 Å². The molecule has 1 aromatic rings. The minimum Gasteiger partial charge on any atom is -0.370 e. The largest absolute Gasteiger partial charge is 0.370 e. The van der Waals surface area contributed by atoms with Crippen LogP contribution in [-0.2, 0) is 4.79 Å². The van der Waals surface area contributed by atoms with Crippen molar-refractivity contribution in [1.29, 1.82) is 0 Å². The second kappa shape index (κ2) is 8.50. The molecule has 0 radical (unpaired) electrons. The molecule has 0 aromatic carbocycles. The molecular weight excluding hydrogens is 226 g/mol. The lowest BCUT2D eigenvalue weighted by Gasteiger charge is -2.10. The summed E-state index contributed by atoms with van der Waals surface area (Å²) in [6.45, 7) is 5.63. The van der Waals surface area contributed by atoms with E-state index < -0.39 is 0 Å². The topological polar surface area (TPSA) is 54.0 Å². The Bertz CT molecular complexity index is 340. The average Bonchev–Trinajstić information content (AvgIpc) is 2.42. The number of aromatic nitrogens is 1. The summed E-state index contributed by atoms with van der Waals surface area (Å²) in [6, 6.07) is 5.81. The van der Waals surface area contributed by atoms with Crippen LogP contribution in [-0.4, -0.2) is 24.0 Å². The van der Waals surface area contributed by atoms with E-state index in [2.05, 4.69) is 15.6 Å². The van der Waals surface area contributed by atoms with Crippen molar-refractivity contribution in [3.63, 3.8) is 0 Å². The van der Waals surface area contributed by atoms with Crippen molar-refractivity contribution >= 4 is 11.7 Å². The molecule has 1 amide bonds. The molecule has 0 aliphatic carbocycles. The highest BCUT2D eigenvalue weighted by molar-refractivity contribution is 5.78. The lowest BCUT2D eigenvalue weighted by Crippen LogP contribution is -2.29. The van der Waals surface area contributed by atoms with Crippen LogP contribution >= 0.6 is 0 Å². The van der Waals surface area contributed by atoms with Gasteiger partial charge in [-0.3, -0.25) is 4.79 Å². The van der Waals surface area contributed by atoms with Gasteiger partial charge in [0.2, 0.25) is 5.91 Å². The molecule has 0 saturated heterocycles. The zero-order chi connectivity index (χ0) is 13.2. The van der Waals surface area contributed by atoms with Crippen LogP contribution in [0.4, 0.5) is 5.82 Å². The number of pyridine rings is 1. The number of unbranched alkanes of at least 4 members (excludes halogenated alkanes) is 1. The van der Waals surface area contributed by atoms with Gasteiger partial charge in [-0.15, -0.1) is 0 Å². The Hall–Kier alpha value is -1.58. The number of hydrogen-bond donors (Lipinski definition) is 2. The van der Waals surface area contributed by atoms with E-state index >= 15 is 0 Å². The lowest BCUT2D eigenvalue weighted by molar-refractivity contribution is -0.124. The Kier molecular flexibility index (Phi) is 6.84. The predicted octanol–water partition coefficient (Wildman–Crippen LogP) is 2.44. The van der Waals surface area contributed by atoms with Crippen molar-refractivity contribution < 1.29 is 4.79 Å². The molecule has 0 bridgehead atoms. The van der Waals surface area contributed by atoms with Crippen molar-refractivity contribution in [1.82, 2.24) is 10.3 Å². The van der Waals surface area contributed by atoms with Gasteiger partial charge in [-0.05, 0) is 31.4 Å². The molecule has 0 saturated carbocycles. The fraction of sp³-hybridized carbons (Fsp3) is 0.571. The Morgan fingerprint density at radius 2 is 2.11 bits per heavy atom. The summed E-state index contributed by atoms with van der Waals surface area (Å²) in [7, 11) is 0. The lowest BCUT2D eigenvalue weighted by atomic mass is 10.1. The Labute approximate surface area is 109 Å². The zero-order valence-corrected chi connectivity index (χ0v) is 11.3. The van der Waals surface area contributed by atoms with Crippen molar-refractivity contribution in [3.05, 3.63) is 24.4 Å². The van der Waals surface area contributed by atoms with E-state index in [1.54, 1.807) is 6.20 Å². The highest BCUT2D eigenvalue weighted by Gasteiger charge is 2.08. The molecule has 2 N–H and O–H groups in total. The molecule has 1 atom stereocenters. The van der Waals surface area contributed by atoms with E-state index in [0.29, 0.717) is 0 Å². The van der Waals surface area contributed by atoms with Gasteiger partial charge < -0.3 is 10.6 Å². The maximum atomic E-state index is 11.5. The molecule has 0 spiro atoms. The summed E-state index contributed by atoms with van der Waals surface area (Å²) in [5.41, 5.74) is 0. The van der Waals surface area contributed by atoms with Gasteiger partial charge in [0.25, 0.3) is 0 Å². The van der Waals surface area contributed by atoms with Gasteiger partial charge in [-0.25, -0.2) is 4.98 Å². The highest BCUT2D eigenvalue weighted by Crippen LogP contribution is 2.01. The summed E-state index contributed by atoms with van der Waals surface area (Å²) in [5, 5.41) is 6.19. The first kappa shape index (κ1) is 14.5. The molecule has 18 heavy (non-hydrogen) atoms. The van der Waals surface area contributed by atoms with Crippen LogP contribution < -0.4 is 10.6 Å². The molecule has 1 aromatic heterocycles. The van der Waals surface area contributed by atoms with Gasteiger partial charge in [0, 0.05) is 25.2 Å². The smallest absolute Gasteiger partial charge is 0.222 e. The average molecular weight is 249 g/mol. The van der Waals surface area contributed by atoms with Crippen molar-refractivity contribution in [3.8, 4) is 0 Å². The summed E-state index contributed by atoms with van der Waals surface area (Å²) in [6.07, 6.45) is 4.68. The van der Waals surface area contributed by atoms with Gasteiger partial charge in [0.1, 0.15) is 5.82 Å². The van der Waals surface area contributed by atoms with E-state index in [4.69, 9.17) is 0 Å². The number of nitrogens with one attached hydrogen (secondary N) is 2. The molecule has 100 valence electrons. The second-order valence-corrected chi connectivity index (χ2v) is 4.45. The Morgan fingerprint density at radius 3 is 2.78 bits per heavy atom. The first-order chi connectivity index (χ1) is 8.74. The zero-order valence-electron chi connectivity index (χ0n) is 11.3. The molecule has 1 rings (SSSR count). The molecular formula is C14H23N3O. The minimum atomic E-state index is 0.122. The summed E-state index contributed by atoms with van der Waals surface area (Å²) in [5.74, 6) is 1.19. The Morgan fingerprint density at radius 1 is 1.33 bits per heavy atom. The summed E-state index contributed by atoms with van der Waals surface area (Å²) < 4.78 is 0. The van der Waals surface area contributed by atoms with Crippen LogP contribution in [0.5, 0.6) is 0 Å². The van der Waals surface area contributed by atoms with Crippen LogP contribution in [0.1, 0.15) is 33.1 Å². The van der Waals surface area contributed by atoms with E-state index in [0.717, 1.165) is 38.2 Å². The molecule has 0 fully saturated rings. The molecule has 4 nitrogen and oxygen atoms in total. The quantitative estimate of drug-likeness (QED) is 0.696. The molecule has 1 unspecified atom stereocenters. The molecule has 0 aliphatic heterocycles. The van der Waals surface area contributed by atoms with E-state index in [-0.39, 0.29) is 11.8 Å². The number of anilines is 1. The number of amides is 1. The van der Waals surface area contributed by atoms with E-state index in [1.165, 1.54) is 0 Å². The molecule has 1 heterocycles. The fourth-order valence-electron chi connectivity index (χ4n) is 1.51. The maximum absolute atomic E-state index is 11.5. The fourth-order valence-corrected chi connectivity index (χ4v) is 1.51. The van der Waals surface area contributed by atoms with Gasteiger partial charge in [0.05, 0.1) is 0 Å². The SMILES string of the molecule is CCC(C)C(=O)NCCCCNc1ccccn1. The van der Waals surface area contributed by atoms with Crippen LogP contribution in [0.25, 0.3) is 0 Å². The number of carbonyl (C=O) groups excluding carboxylic acids is 1. The third kappa shape index (κ3) is 5.66. The van der Waals surface area contributed by atoms with Crippen LogP contribution in [0.2, 0.25) is 0 Å². The van der Waals surface area contributed by atoms with Gasteiger partial charge in [-0.2, -0.15) is 0 Å². The predicted molar refractivity (Wildman–Crippen MR) is 74.4 cm³/mol. The first-order valence-electron chi connectivity index (χ1n) is 6.66. The minimum absolute atomic E-state index is 0.122. The normalized spacial score (nSPS) is 11.9. The number of carbonyl (C=O) groups is 1. The van der Waals surface area contributed by atoms with Gasteiger partial charge >= 0.3 is 0 Å². The van der Waals surface area contributed by atoms with Gasteiger partial charge in [-0.1, -0.05) is 19.9 Å². The first-order valence-corrected chi connectivity index (χ1v) is 6.66. The van der Waals surface area contributed by atoms with Crippen LogP contribution in [0.15, 0.2) is 24.4 Å². The van der Waals surface area contributed by atoms with Crippen molar-refractivity contribution in [2.75, 3.05) is 18.4 Å². The highest BCUT2D eigenvalue weighted by atomic mass is 16.1. The second-order valence-electron chi connectivity index (χ2n) is 4.45. The van der Waals surface area contributed by atoms with Gasteiger partial charge in [0.15, 0.2) is 0 Å². The summed E-state index contributed by atoms with van der Waals surface area (Å²) >= 11 is 0. The third-order valence-corrected chi connectivity index (χ3v) is 2.93. The monoisotopic (exact) mass is 249 g/mol. The number of hydrogen-bond acceptors (Lipinski definition) is 3. The standard InChI is InChI=1S/C14H23N3O/c1-3-12(2)14(18)17-11-7-6-10-16-13-8-4-5-9-15-13/h4-5,8-9,12H,3,6-7,10-11H2,1-2H3,(H,15,16)(H,17,18). The third-order valence-electron chi connectivity index (χ3n) is 2.93. The van der Waals surface area contributed by atoms with Crippen molar-refractivity contribution in [2.24, 2.45) is 5.92 Å². The van der Waals surface area contributed by atoms with E-state index in [1.807, 2.05) is 32.0 Å². The van der Waals surface area contributed by atoms with Crippen molar-refractivity contribution in [2.45, 2.75) is 33.1 Å². The molecule has 0 aliphatic rings. The van der Waals surface area contributed by atoms with Crippen LogP contribution in [0.3, 0.4) is 0 Å². The maximum Gasteiger partial charge on any atom is 0.222 e. The number of nitrogens with zero attached hydrogens (tertiary/aromatic N) is 1. The number of rotatable bonds is 8.